The quantitative estimate of drug-likeness (QED) is 0.0355. The molecule has 1 fully saturated rings. The van der Waals surface area contributed by atoms with Crippen molar-refractivity contribution < 1.29 is 100 Å². The number of allylic oxidation sites excluding steroid dienone is 2. The summed E-state index contributed by atoms with van der Waals surface area (Å²) in [6.07, 6.45) is 0.979. The molecule has 1 aromatic rings. The van der Waals surface area contributed by atoms with Gasteiger partial charge in [-0.3, -0.25) is 67.2 Å². The third kappa shape index (κ3) is 34.1. The number of carbonyl (C=O) groups excluding carboxylic acids is 16. The molecule has 123 heavy (non-hydrogen) atoms. The molecule has 0 saturated carbocycles. The average Bonchev–Trinajstić information content (AvgIpc) is 0.785. The highest BCUT2D eigenvalue weighted by Crippen LogP contribution is 2.29. The van der Waals surface area contributed by atoms with Crippen LogP contribution < -0.4 is 10.6 Å². The smallest absolute Gasteiger partial charge is 0.410 e. The summed E-state index contributed by atoms with van der Waals surface area (Å²) in [5, 5.41) is 5.58. The minimum absolute atomic E-state index is 0.0510. The van der Waals surface area contributed by atoms with Crippen molar-refractivity contribution >= 4 is 94.8 Å². The fraction of sp³-hybridized carbons (Fsp3) is 0.733. The summed E-state index contributed by atoms with van der Waals surface area (Å²) < 4.78 is 28.4. The number of Topliss-reactive ketones (excluding diaryl/α,β-unsaturated/α-hetero) is 2. The zero-order valence-corrected chi connectivity index (χ0v) is 79.4. The SMILES string of the molecule is C/C=C/C[C@@H](C)[C@@H](OC(C)=O)[C@@H](C(=O)N[C@@H](CC)C(=O)OCCN(C)C(C)=O)N(C)C(=O)[C@H](C(C)C)N(C)C(=O)[C@H](CC(C)C)N(C)C(=O)[C@H](CC(C)C)N(C)C(=O)[C@@H](C)CC(=O)[C@H](C)CC(=O)[C@H](CC(C)C)N(C)C(=O)[C@H](NC(=O)[C@@H]([C@H](C)COCC(=O)N1CCN(C(=O)OCc2ccccc2)CC1)N(C)C(=O)[C@H](C)N(C)C(=O)OC(C)(C)C)C(C)C. The Morgan fingerprint density at radius 1 is 0.520 bits per heavy atom. The minimum atomic E-state index is -1.58. The summed E-state index contributed by atoms with van der Waals surface area (Å²) in [5.74, 6) is -14.0. The number of ketones is 2. The van der Waals surface area contributed by atoms with Gasteiger partial charge in [-0.25, -0.2) is 14.4 Å². The van der Waals surface area contributed by atoms with Crippen molar-refractivity contribution in [2.75, 3.05) is 109 Å². The zero-order chi connectivity index (χ0) is 94.3. The second-order valence-electron chi connectivity index (χ2n) is 36.2. The first-order chi connectivity index (χ1) is 57.1. The second kappa shape index (κ2) is 51.6. The molecule has 0 radical (unpaired) electrons. The van der Waals surface area contributed by atoms with Crippen molar-refractivity contribution in [1.82, 2.24) is 59.6 Å². The van der Waals surface area contributed by atoms with Gasteiger partial charge in [0.15, 0.2) is 5.78 Å². The number of hydrogen-bond acceptors (Lipinski definition) is 21. The number of esters is 2. The zero-order valence-electron chi connectivity index (χ0n) is 79.4. The molecule has 1 aliphatic rings. The van der Waals surface area contributed by atoms with Crippen molar-refractivity contribution in [3.05, 3.63) is 48.0 Å². The highest BCUT2D eigenvalue weighted by Gasteiger charge is 2.48. The summed E-state index contributed by atoms with van der Waals surface area (Å²) in [6.45, 7) is 37.0. The minimum Gasteiger partial charge on any atom is -0.462 e. The molecule has 1 aromatic carbocycles. The van der Waals surface area contributed by atoms with Crippen molar-refractivity contribution in [2.45, 2.75) is 270 Å². The molecular weight excluding hydrogens is 1590 g/mol. The van der Waals surface area contributed by atoms with Gasteiger partial charge in [-0.05, 0) is 108 Å². The number of ether oxygens (including phenoxy) is 5. The van der Waals surface area contributed by atoms with E-state index in [9.17, 15) is 52.7 Å². The van der Waals surface area contributed by atoms with Crippen LogP contribution in [0.15, 0.2) is 42.5 Å². The summed E-state index contributed by atoms with van der Waals surface area (Å²) in [5.41, 5.74) is -0.0860. The van der Waals surface area contributed by atoms with E-state index in [0.717, 1.165) is 20.3 Å². The fourth-order valence-corrected chi connectivity index (χ4v) is 14.7. The highest BCUT2D eigenvalue weighted by molar-refractivity contribution is 5.99. The van der Waals surface area contributed by atoms with Gasteiger partial charge >= 0.3 is 24.1 Å². The van der Waals surface area contributed by atoms with Crippen LogP contribution in [0.5, 0.6) is 0 Å². The van der Waals surface area contributed by atoms with E-state index in [2.05, 4.69) is 10.6 Å². The molecule has 12 amide bonds. The highest BCUT2D eigenvalue weighted by atomic mass is 16.6. The van der Waals surface area contributed by atoms with Crippen molar-refractivity contribution in [3.63, 3.8) is 0 Å². The number of nitrogens with zero attached hydrogens (tertiary/aromatic N) is 10. The van der Waals surface area contributed by atoms with Crippen molar-refractivity contribution in [3.8, 4) is 0 Å². The van der Waals surface area contributed by atoms with Gasteiger partial charge in [0.1, 0.15) is 85.6 Å². The first kappa shape index (κ1) is 110. The molecule has 0 bridgehead atoms. The molecule has 33 nitrogen and oxygen atoms in total. The molecule has 0 aliphatic carbocycles. The van der Waals surface area contributed by atoms with Crippen LogP contribution in [-0.2, 0) is 97.4 Å². The number of nitrogens with one attached hydrogen (secondary N) is 2. The second-order valence-corrected chi connectivity index (χ2v) is 36.2. The summed E-state index contributed by atoms with van der Waals surface area (Å²) in [6, 6.07) is -2.30. The average molecular weight is 1740 g/mol. The van der Waals surface area contributed by atoms with E-state index >= 15 is 24.0 Å². The third-order valence-corrected chi connectivity index (χ3v) is 22.4. The van der Waals surface area contributed by atoms with Crippen molar-refractivity contribution in [2.24, 2.45) is 53.3 Å². The maximum atomic E-state index is 15.4. The van der Waals surface area contributed by atoms with Crippen LogP contribution in [-0.4, -0.2) is 319 Å². The Hall–Kier alpha value is -9.56. The Morgan fingerprint density at radius 3 is 1.50 bits per heavy atom. The van der Waals surface area contributed by atoms with E-state index in [0.29, 0.717) is 6.42 Å². The predicted octanol–water partition coefficient (Wildman–Crippen LogP) is 7.91. The number of benzene rings is 1. The van der Waals surface area contributed by atoms with Gasteiger partial charge in [-0.15, -0.1) is 0 Å². The monoisotopic (exact) mass is 1740 g/mol. The Labute approximate surface area is 731 Å². The van der Waals surface area contributed by atoms with Crippen LogP contribution in [0.2, 0.25) is 0 Å². The number of piperazine rings is 1. The lowest BCUT2D eigenvalue weighted by molar-refractivity contribution is -0.164. The van der Waals surface area contributed by atoms with Gasteiger partial charge in [-0.2, -0.15) is 0 Å². The van der Waals surface area contributed by atoms with Crippen LogP contribution in [0.3, 0.4) is 0 Å². The molecule has 1 heterocycles. The van der Waals surface area contributed by atoms with Crippen LogP contribution in [0.1, 0.15) is 203 Å². The Morgan fingerprint density at radius 2 is 1.01 bits per heavy atom. The number of amides is 12. The molecule has 1 saturated heterocycles. The predicted molar refractivity (Wildman–Crippen MR) is 466 cm³/mol. The fourth-order valence-electron chi connectivity index (χ4n) is 14.7. The molecule has 1 aliphatic heterocycles. The van der Waals surface area contributed by atoms with Crippen LogP contribution >= 0.6 is 0 Å². The van der Waals surface area contributed by atoms with E-state index in [1.807, 2.05) is 78.0 Å². The van der Waals surface area contributed by atoms with Crippen LogP contribution in [0.4, 0.5) is 9.59 Å². The lowest BCUT2D eigenvalue weighted by atomic mass is 9.88. The molecule has 2 N–H and O–H groups in total. The van der Waals surface area contributed by atoms with Crippen LogP contribution in [0, 0.1) is 53.3 Å². The Kier molecular flexibility index (Phi) is 46.0. The van der Waals surface area contributed by atoms with Gasteiger partial charge < -0.3 is 78.4 Å². The molecule has 0 aromatic heterocycles. The number of rotatable bonds is 48. The molecule has 33 heteroatoms. The van der Waals surface area contributed by atoms with Gasteiger partial charge in [0.05, 0.1) is 19.2 Å². The first-order valence-corrected chi connectivity index (χ1v) is 43.3. The lowest BCUT2D eigenvalue weighted by Crippen LogP contribution is -2.63. The molecule has 696 valence electrons. The van der Waals surface area contributed by atoms with E-state index in [-0.39, 0.29) is 121 Å². The van der Waals surface area contributed by atoms with Crippen molar-refractivity contribution in [1.29, 1.82) is 0 Å². The Balaban J connectivity index is 2.51. The molecule has 0 unspecified atom stereocenters. The summed E-state index contributed by atoms with van der Waals surface area (Å²) in [4.78, 5) is 240. The van der Waals surface area contributed by atoms with E-state index in [1.54, 1.807) is 101 Å². The normalized spacial score (nSPS) is 15.9. The van der Waals surface area contributed by atoms with E-state index in [4.69, 9.17) is 23.7 Å². The number of likely N-dealkylation sites (N-methyl/N-ethyl adjacent to an activating group) is 8. The molecule has 0 spiro atoms. The van der Waals surface area contributed by atoms with Gasteiger partial charge in [0.25, 0.3) is 0 Å². The summed E-state index contributed by atoms with van der Waals surface area (Å²) >= 11 is 0. The molecule has 14 atom stereocenters. The van der Waals surface area contributed by atoms with Gasteiger partial charge in [0, 0.05) is 127 Å². The largest absolute Gasteiger partial charge is 0.462 e. The van der Waals surface area contributed by atoms with E-state index < -0.39 is 191 Å². The van der Waals surface area contributed by atoms with Crippen LogP contribution in [0.25, 0.3) is 0 Å². The lowest BCUT2D eigenvalue weighted by Gasteiger charge is -2.42. The molecular formula is C90H150N12O21. The van der Waals surface area contributed by atoms with E-state index in [1.165, 1.54) is 107 Å². The maximum absolute atomic E-state index is 15.4. The third-order valence-electron chi connectivity index (χ3n) is 22.4. The maximum Gasteiger partial charge on any atom is 0.410 e. The Bertz CT molecular complexity index is 3730. The topological polar surface area (TPSA) is 376 Å². The van der Waals surface area contributed by atoms with Gasteiger partial charge in [0.2, 0.25) is 59.1 Å². The standard InChI is InChI=1S/C90H150N12O21/c1-31-33-37-59(13)78(122-65(19)104)77(80(109)91-67(32-2)87(116)120-45-44-93(23)64(18)103)100(30)86(115)75(58(11)12)98(28)84(113)70(48-56(7)8)97(27)83(112)69(47-55(5)6)96(26)81(110)61(15)50-71(105)60(14)49-72(106)68(46-54(3)4)95(25)85(114)74(57(9)10)92-79(108)76(99(29)82(111)63(17)94(24)88(117)123-90(20,21)22)62(16)51-119-53-73(107)101-40-42-102(43-41-101)89(118)121-52-66-38-35-34-36-39-66/h31,33-36,38-39,54-63,67-70,74-78H,32,37,40-53H2,1-30H3,(H,91,109)(H,92,108)/b33-31+/t59-,60-,61+,62-,63+,67+,68+,69+,70+,74-,75+,76-,77+,78-/m1/s1. The first-order valence-electron chi connectivity index (χ1n) is 43.3. The number of carbonyl (C=O) groups is 16. The molecule has 2 rings (SSSR count). The van der Waals surface area contributed by atoms with Gasteiger partial charge in [-0.1, -0.05) is 146 Å². The number of hydrogen-bond donors (Lipinski definition) is 2. The summed E-state index contributed by atoms with van der Waals surface area (Å²) in [7, 11) is 11.4.